The van der Waals surface area contributed by atoms with Crippen molar-refractivity contribution in [1.29, 1.82) is 0 Å². The van der Waals surface area contributed by atoms with Crippen molar-refractivity contribution in [1.82, 2.24) is 0 Å². The molecule has 1 radical (unpaired) electrons. The van der Waals surface area contributed by atoms with E-state index in [4.69, 9.17) is 0 Å². The molecule has 0 unspecified atom stereocenters. The monoisotopic (exact) mass is 331 g/mol. The van der Waals surface area contributed by atoms with Gasteiger partial charge in [0.25, 0.3) is 0 Å². The lowest BCUT2D eigenvalue weighted by atomic mass is 9.64. The minimum atomic E-state index is -2.16. The van der Waals surface area contributed by atoms with Crippen LogP contribution in [0.15, 0.2) is 54.6 Å². The Balaban J connectivity index is 1.97. The molecule has 0 fully saturated rings. The van der Waals surface area contributed by atoms with Crippen LogP contribution in [0.1, 0.15) is 0 Å². The fourth-order valence-corrected chi connectivity index (χ4v) is 2.35. The van der Waals surface area contributed by atoms with Crippen molar-refractivity contribution in [2.24, 2.45) is 0 Å². The summed E-state index contributed by atoms with van der Waals surface area (Å²) >= 11 is 0. The molecular formula is C18H9BF5. The van der Waals surface area contributed by atoms with Gasteiger partial charge in [-0.1, -0.05) is 65.5 Å². The lowest BCUT2D eigenvalue weighted by Crippen LogP contribution is -2.26. The largest absolute Gasteiger partial charge is 0.203 e. The average molecular weight is 331 g/mol. The first-order chi connectivity index (χ1) is 11.5. The summed E-state index contributed by atoms with van der Waals surface area (Å²) in [6.45, 7) is 0. The molecule has 0 bridgehead atoms. The van der Waals surface area contributed by atoms with Crippen molar-refractivity contribution in [2.45, 2.75) is 0 Å². The molecule has 0 spiro atoms. The normalized spacial score (nSPS) is 10.7. The first-order valence-corrected chi connectivity index (χ1v) is 7.00. The quantitative estimate of drug-likeness (QED) is 0.297. The summed E-state index contributed by atoms with van der Waals surface area (Å²) in [5.74, 6) is -9.76. The second kappa shape index (κ2) is 6.47. The highest BCUT2D eigenvalue weighted by Gasteiger charge is 2.26. The van der Waals surface area contributed by atoms with E-state index < -0.39 is 34.6 Å². The molecular weight excluding hydrogens is 322 g/mol. The molecule has 3 aromatic carbocycles. The van der Waals surface area contributed by atoms with Crippen LogP contribution in [0.3, 0.4) is 0 Å². The Morgan fingerprint density at radius 1 is 0.500 bits per heavy atom. The molecule has 6 heteroatoms. The van der Waals surface area contributed by atoms with Crippen molar-refractivity contribution < 1.29 is 22.0 Å². The molecule has 0 aliphatic carbocycles. The second-order valence-corrected chi connectivity index (χ2v) is 5.12. The van der Waals surface area contributed by atoms with Crippen LogP contribution < -0.4 is 10.9 Å². The predicted molar refractivity (Wildman–Crippen MR) is 83.1 cm³/mol. The minimum absolute atomic E-state index is 0.0898. The Bertz CT molecular complexity index is 847. The van der Waals surface area contributed by atoms with E-state index in [2.05, 4.69) is 0 Å². The molecule has 3 rings (SSSR count). The molecule has 0 aliphatic rings. The summed E-state index contributed by atoms with van der Waals surface area (Å²) in [5.41, 5.74) is 0.626. The Labute approximate surface area is 135 Å². The van der Waals surface area contributed by atoms with Gasteiger partial charge in [0.15, 0.2) is 30.5 Å². The Morgan fingerprint density at radius 2 is 0.958 bits per heavy atom. The van der Waals surface area contributed by atoms with Crippen LogP contribution in [0.4, 0.5) is 22.0 Å². The van der Waals surface area contributed by atoms with Crippen LogP contribution >= 0.6 is 0 Å². The third-order valence-electron chi connectivity index (χ3n) is 3.54. The zero-order valence-corrected chi connectivity index (χ0v) is 12.2. The molecule has 3 aromatic rings. The number of halogens is 5. The van der Waals surface area contributed by atoms with Gasteiger partial charge >= 0.3 is 0 Å². The summed E-state index contributed by atoms with van der Waals surface area (Å²) < 4.78 is 67.3. The third kappa shape index (κ3) is 2.91. The molecule has 119 valence electrons. The third-order valence-corrected chi connectivity index (χ3v) is 3.54. The van der Waals surface area contributed by atoms with Crippen LogP contribution in [0, 0.1) is 29.1 Å². The van der Waals surface area contributed by atoms with Gasteiger partial charge in [-0.2, -0.15) is 0 Å². The van der Waals surface area contributed by atoms with Crippen molar-refractivity contribution >= 4 is 18.2 Å². The molecule has 0 N–H and O–H groups in total. The second-order valence-electron chi connectivity index (χ2n) is 5.12. The van der Waals surface area contributed by atoms with Gasteiger partial charge < -0.3 is 0 Å². The topological polar surface area (TPSA) is 0 Å². The predicted octanol–water partition coefficient (Wildman–Crippen LogP) is 3.70. The molecule has 0 saturated heterocycles. The number of hydrogen-bond acceptors (Lipinski definition) is 0. The molecule has 0 amide bonds. The maximum Gasteiger partial charge on any atom is 0.200 e. The zero-order chi connectivity index (χ0) is 17.3. The summed E-state index contributed by atoms with van der Waals surface area (Å²) in [7, 11) is 1.82. The van der Waals surface area contributed by atoms with Crippen molar-refractivity contribution in [3.63, 3.8) is 0 Å². The number of hydrogen-bond donors (Lipinski definition) is 0. The first-order valence-electron chi connectivity index (χ1n) is 7.00. The van der Waals surface area contributed by atoms with Crippen LogP contribution in [-0.2, 0) is 0 Å². The molecule has 0 aromatic heterocycles. The minimum Gasteiger partial charge on any atom is -0.203 e. The summed E-state index contributed by atoms with van der Waals surface area (Å²) in [4.78, 5) is 0. The number of rotatable bonds is 3. The molecule has 0 saturated carbocycles. The maximum absolute atomic E-state index is 13.8. The van der Waals surface area contributed by atoms with Gasteiger partial charge in [0.1, 0.15) is 0 Å². The van der Waals surface area contributed by atoms with E-state index in [1.54, 1.807) is 12.1 Å². The highest BCUT2D eigenvalue weighted by Crippen LogP contribution is 2.30. The van der Waals surface area contributed by atoms with Crippen molar-refractivity contribution in [3.05, 3.63) is 83.7 Å². The summed E-state index contributed by atoms with van der Waals surface area (Å²) in [6.07, 6.45) is 0. The summed E-state index contributed by atoms with van der Waals surface area (Å²) in [5, 5.41) is 0. The fourth-order valence-electron chi connectivity index (χ4n) is 2.35. The molecule has 0 nitrogen and oxygen atoms in total. The zero-order valence-electron chi connectivity index (χ0n) is 12.2. The Kier molecular flexibility index (Phi) is 4.38. The van der Waals surface area contributed by atoms with Gasteiger partial charge in [-0.05, 0) is 5.56 Å². The highest BCUT2D eigenvalue weighted by atomic mass is 19.2. The molecule has 0 aliphatic heterocycles. The van der Waals surface area contributed by atoms with Crippen molar-refractivity contribution in [3.8, 4) is 11.1 Å². The molecule has 24 heavy (non-hydrogen) atoms. The van der Waals surface area contributed by atoms with Crippen LogP contribution in [-0.4, -0.2) is 7.28 Å². The van der Waals surface area contributed by atoms with Gasteiger partial charge in [-0.3, -0.25) is 0 Å². The van der Waals surface area contributed by atoms with E-state index in [9.17, 15) is 22.0 Å². The molecule has 0 heterocycles. The average Bonchev–Trinajstić information content (AvgIpc) is 2.61. The van der Waals surface area contributed by atoms with Gasteiger partial charge in [0.2, 0.25) is 5.82 Å². The van der Waals surface area contributed by atoms with E-state index >= 15 is 0 Å². The lowest BCUT2D eigenvalue weighted by Gasteiger charge is -2.09. The summed E-state index contributed by atoms with van der Waals surface area (Å²) in [6, 6.07) is 15.0. The van der Waals surface area contributed by atoms with Crippen LogP contribution in [0.25, 0.3) is 11.1 Å². The number of benzene rings is 3. The Hall–Kier alpha value is -2.63. The Morgan fingerprint density at radius 3 is 1.50 bits per heavy atom. The van der Waals surface area contributed by atoms with Gasteiger partial charge in [0, 0.05) is 0 Å². The van der Waals surface area contributed by atoms with E-state index in [0.29, 0.717) is 0 Å². The lowest BCUT2D eigenvalue weighted by molar-refractivity contribution is 0.381. The van der Waals surface area contributed by atoms with Gasteiger partial charge in [-0.25, -0.2) is 22.0 Å². The maximum atomic E-state index is 13.8. The van der Waals surface area contributed by atoms with Crippen LogP contribution in [0.2, 0.25) is 0 Å². The SMILES string of the molecule is Fc1c(F)c(F)c(-c2ccc([B]c3ccccc3)cc2)c(F)c1F. The van der Waals surface area contributed by atoms with Crippen LogP contribution in [0.5, 0.6) is 0 Å². The van der Waals surface area contributed by atoms with E-state index in [0.717, 1.165) is 10.9 Å². The van der Waals surface area contributed by atoms with Crippen molar-refractivity contribution in [2.75, 3.05) is 0 Å². The smallest absolute Gasteiger partial charge is 0.200 e. The van der Waals surface area contributed by atoms with E-state index in [1.165, 1.54) is 12.1 Å². The first kappa shape index (κ1) is 16.2. The van der Waals surface area contributed by atoms with Gasteiger partial charge in [0.05, 0.1) is 5.56 Å². The molecule has 0 atom stereocenters. The standard InChI is InChI=1S/C18H9BF5/c20-14-13(15(21)17(23)18(24)16(14)22)10-6-8-12(9-7-10)19-11-4-2-1-3-5-11/h1-9H. The highest BCUT2D eigenvalue weighted by molar-refractivity contribution is 6.67. The fraction of sp³-hybridized carbons (Fsp3) is 0. The van der Waals surface area contributed by atoms with E-state index in [-0.39, 0.29) is 5.56 Å². The van der Waals surface area contributed by atoms with Gasteiger partial charge in [-0.15, -0.1) is 0 Å². The van der Waals surface area contributed by atoms with E-state index in [1.807, 2.05) is 37.6 Å².